The second kappa shape index (κ2) is 7.48. The Bertz CT molecular complexity index is 1230. The summed E-state index contributed by atoms with van der Waals surface area (Å²) in [6.07, 6.45) is 1.56. The maximum absolute atomic E-state index is 12.7. The molecule has 7 nitrogen and oxygen atoms in total. The summed E-state index contributed by atoms with van der Waals surface area (Å²) in [7, 11) is 0. The summed E-state index contributed by atoms with van der Waals surface area (Å²) in [5, 5.41) is 0.834. The van der Waals surface area contributed by atoms with E-state index in [1.165, 1.54) is 11.3 Å². The number of thiophene rings is 1. The summed E-state index contributed by atoms with van der Waals surface area (Å²) in [4.78, 5) is 35.2. The van der Waals surface area contributed by atoms with Gasteiger partial charge in [0.1, 0.15) is 4.83 Å². The first-order valence-corrected chi connectivity index (χ1v) is 9.75. The number of fused-ring (bicyclic) bond motifs is 1. The van der Waals surface area contributed by atoms with E-state index < -0.39 is 5.91 Å². The van der Waals surface area contributed by atoms with Crippen LogP contribution in [-0.2, 0) is 0 Å². The van der Waals surface area contributed by atoms with Gasteiger partial charge in [-0.1, -0.05) is 18.2 Å². The molecule has 4 aromatic rings. The molecule has 146 valence electrons. The van der Waals surface area contributed by atoms with E-state index in [-0.39, 0.29) is 5.91 Å². The number of furan rings is 1. The number of hydrogen-bond donors (Lipinski definition) is 2. The molecular formula is C21H18N4O3S. The summed E-state index contributed by atoms with van der Waals surface area (Å²) in [6.45, 7) is 5.56. The fourth-order valence-electron chi connectivity index (χ4n) is 3.14. The summed E-state index contributed by atoms with van der Waals surface area (Å²) in [5.41, 5.74) is 7.84. The summed E-state index contributed by atoms with van der Waals surface area (Å²) in [6, 6.07) is 10.7. The van der Waals surface area contributed by atoms with E-state index in [0.29, 0.717) is 26.9 Å². The van der Waals surface area contributed by atoms with E-state index in [2.05, 4.69) is 20.8 Å². The molecule has 0 saturated carbocycles. The topological polar surface area (TPSA) is 97.1 Å². The minimum Gasteiger partial charge on any atom is -0.461 e. The molecule has 4 rings (SSSR count). The number of carbonyl (C=O) groups excluding carboxylic acids is 2. The van der Waals surface area contributed by atoms with Gasteiger partial charge in [-0.2, -0.15) is 0 Å². The minimum atomic E-state index is -0.397. The maximum Gasteiger partial charge on any atom is 0.280 e. The van der Waals surface area contributed by atoms with Crippen LogP contribution >= 0.6 is 11.3 Å². The number of aromatic nitrogens is 2. The molecule has 1 aromatic carbocycles. The summed E-state index contributed by atoms with van der Waals surface area (Å²) < 4.78 is 5.38. The van der Waals surface area contributed by atoms with E-state index in [9.17, 15) is 9.59 Å². The minimum absolute atomic E-state index is 0.369. The Kier molecular flexibility index (Phi) is 4.85. The highest BCUT2D eigenvalue weighted by atomic mass is 32.1. The Morgan fingerprint density at radius 3 is 2.45 bits per heavy atom. The van der Waals surface area contributed by atoms with E-state index in [1.807, 2.05) is 32.9 Å². The number of nitrogens with zero attached hydrogens (tertiary/aromatic N) is 2. The molecule has 0 aliphatic carbocycles. The van der Waals surface area contributed by atoms with Crippen molar-refractivity contribution in [3.63, 3.8) is 0 Å². The second-order valence-electron chi connectivity index (χ2n) is 6.57. The third kappa shape index (κ3) is 3.50. The molecule has 0 radical (unpaired) electrons. The van der Waals surface area contributed by atoms with Crippen LogP contribution in [0.3, 0.4) is 0 Å². The van der Waals surface area contributed by atoms with Crippen molar-refractivity contribution >= 4 is 33.4 Å². The first kappa shape index (κ1) is 18.8. The van der Waals surface area contributed by atoms with Crippen LogP contribution in [0.1, 0.15) is 36.9 Å². The van der Waals surface area contributed by atoms with Gasteiger partial charge in [-0.05, 0) is 50.1 Å². The van der Waals surface area contributed by atoms with Gasteiger partial charge in [-0.15, -0.1) is 11.3 Å². The van der Waals surface area contributed by atoms with Gasteiger partial charge < -0.3 is 4.42 Å². The lowest BCUT2D eigenvalue weighted by atomic mass is 10.1. The van der Waals surface area contributed by atoms with Crippen molar-refractivity contribution in [1.29, 1.82) is 0 Å². The highest BCUT2D eigenvalue weighted by Gasteiger charge is 2.20. The third-order valence-electron chi connectivity index (χ3n) is 4.60. The predicted octanol–water partition coefficient (Wildman–Crippen LogP) is 3.95. The molecule has 3 heterocycles. The van der Waals surface area contributed by atoms with Gasteiger partial charge in [-0.3, -0.25) is 20.4 Å². The number of rotatable bonds is 3. The number of carbonyl (C=O) groups is 2. The van der Waals surface area contributed by atoms with Gasteiger partial charge >= 0.3 is 0 Å². The molecule has 0 saturated heterocycles. The summed E-state index contributed by atoms with van der Waals surface area (Å²) in [5.74, 6) is 0.274. The molecule has 0 unspecified atom stereocenters. The van der Waals surface area contributed by atoms with E-state index in [4.69, 9.17) is 4.42 Å². The van der Waals surface area contributed by atoms with Crippen LogP contribution in [0.2, 0.25) is 0 Å². The lowest BCUT2D eigenvalue weighted by Gasteiger charge is -2.08. The molecule has 0 bridgehead atoms. The van der Waals surface area contributed by atoms with Crippen molar-refractivity contribution in [2.24, 2.45) is 0 Å². The first-order chi connectivity index (χ1) is 14.0. The molecule has 2 amide bonds. The molecule has 8 heteroatoms. The lowest BCUT2D eigenvalue weighted by molar-refractivity contribution is 0.0848. The number of nitrogens with one attached hydrogen (secondary N) is 2. The molecule has 3 aromatic heterocycles. The number of hydrogen-bond acceptors (Lipinski definition) is 6. The number of benzene rings is 1. The summed E-state index contributed by atoms with van der Waals surface area (Å²) >= 11 is 1.25. The van der Waals surface area contributed by atoms with E-state index in [0.717, 1.165) is 22.2 Å². The third-order valence-corrected chi connectivity index (χ3v) is 5.78. The molecule has 0 aliphatic rings. The zero-order chi connectivity index (χ0) is 20.5. The Balaban J connectivity index is 1.59. The molecule has 0 atom stereocenters. The van der Waals surface area contributed by atoms with Crippen molar-refractivity contribution in [3.05, 3.63) is 69.9 Å². The van der Waals surface area contributed by atoms with Crippen LogP contribution in [0.15, 0.2) is 47.1 Å². The van der Waals surface area contributed by atoms with Crippen LogP contribution in [0.25, 0.3) is 21.8 Å². The highest BCUT2D eigenvalue weighted by molar-refractivity contribution is 7.20. The average Bonchev–Trinajstić information content (AvgIpc) is 3.35. The van der Waals surface area contributed by atoms with Gasteiger partial charge in [-0.25, -0.2) is 9.97 Å². The Morgan fingerprint density at radius 1 is 0.966 bits per heavy atom. The predicted molar refractivity (Wildman–Crippen MR) is 111 cm³/mol. The molecule has 0 fully saturated rings. The fourth-order valence-corrected chi connectivity index (χ4v) is 4.26. The van der Waals surface area contributed by atoms with Gasteiger partial charge in [0, 0.05) is 10.9 Å². The van der Waals surface area contributed by atoms with E-state index in [1.54, 1.807) is 30.5 Å². The van der Waals surface area contributed by atoms with Crippen molar-refractivity contribution < 1.29 is 14.0 Å². The van der Waals surface area contributed by atoms with Crippen molar-refractivity contribution in [3.8, 4) is 11.6 Å². The standard InChI is InChI=1S/C21H18N4O3S/c1-11-7-4-5-8-14(11)19(26)24-25-20(27)17-12(2)16-13(3)22-18(23-21(16)29-17)15-9-6-10-28-15/h4-10H,1-3H3,(H,24,26)(H,25,27). The first-order valence-electron chi connectivity index (χ1n) is 8.93. The van der Waals surface area contributed by atoms with Gasteiger partial charge in [0.25, 0.3) is 11.8 Å². The normalized spacial score (nSPS) is 10.9. The van der Waals surface area contributed by atoms with Crippen LogP contribution < -0.4 is 10.9 Å². The number of aryl methyl sites for hydroxylation is 3. The van der Waals surface area contributed by atoms with Crippen LogP contribution in [0, 0.1) is 20.8 Å². The highest BCUT2D eigenvalue weighted by Crippen LogP contribution is 2.32. The van der Waals surface area contributed by atoms with Crippen molar-refractivity contribution in [2.75, 3.05) is 0 Å². The zero-order valence-electron chi connectivity index (χ0n) is 16.1. The Morgan fingerprint density at radius 2 is 1.72 bits per heavy atom. The Hall–Kier alpha value is -3.52. The fraction of sp³-hybridized carbons (Fsp3) is 0.143. The van der Waals surface area contributed by atoms with Gasteiger partial charge in [0.2, 0.25) is 0 Å². The molecule has 29 heavy (non-hydrogen) atoms. The molecule has 0 spiro atoms. The number of amides is 2. The Labute approximate surface area is 170 Å². The number of hydrazine groups is 1. The quantitative estimate of drug-likeness (QED) is 0.502. The van der Waals surface area contributed by atoms with Crippen molar-refractivity contribution in [1.82, 2.24) is 20.8 Å². The smallest absolute Gasteiger partial charge is 0.280 e. The molecule has 0 aliphatic heterocycles. The maximum atomic E-state index is 12.7. The van der Waals surface area contributed by atoms with Crippen LogP contribution in [0.5, 0.6) is 0 Å². The average molecular weight is 406 g/mol. The SMILES string of the molecule is Cc1ccccc1C(=O)NNC(=O)c1sc2nc(-c3ccco3)nc(C)c2c1C. The van der Waals surface area contributed by atoms with Crippen LogP contribution in [-0.4, -0.2) is 21.8 Å². The van der Waals surface area contributed by atoms with Gasteiger partial charge in [0.05, 0.1) is 16.8 Å². The largest absolute Gasteiger partial charge is 0.461 e. The zero-order valence-corrected chi connectivity index (χ0v) is 16.9. The van der Waals surface area contributed by atoms with Crippen molar-refractivity contribution in [2.45, 2.75) is 20.8 Å². The molecular weight excluding hydrogens is 388 g/mol. The van der Waals surface area contributed by atoms with E-state index >= 15 is 0 Å². The monoisotopic (exact) mass is 406 g/mol. The molecule has 2 N–H and O–H groups in total. The van der Waals surface area contributed by atoms with Crippen LogP contribution in [0.4, 0.5) is 0 Å². The second-order valence-corrected chi connectivity index (χ2v) is 7.57. The van der Waals surface area contributed by atoms with Gasteiger partial charge in [0.15, 0.2) is 11.6 Å². The lowest BCUT2D eigenvalue weighted by Crippen LogP contribution is -2.41.